The Morgan fingerprint density at radius 3 is 2.38 bits per heavy atom. The van der Waals surface area contributed by atoms with Crippen LogP contribution in [0, 0.1) is 0 Å². The van der Waals surface area contributed by atoms with Crippen LogP contribution in [0.15, 0.2) is 42.5 Å². The third kappa shape index (κ3) is 1.44. The molecule has 0 heterocycles. The first-order chi connectivity index (χ1) is 6.29. The van der Waals surface area contributed by atoms with Gasteiger partial charge in [0.25, 0.3) is 0 Å². The summed E-state index contributed by atoms with van der Waals surface area (Å²) in [6.45, 7) is 0. The minimum atomic E-state index is -1.40. The van der Waals surface area contributed by atoms with Crippen LogP contribution in [-0.2, 0) is 0 Å². The Labute approximate surface area is 79.6 Å². The van der Waals surface area contributed by atoms with Gasteiger partial charge in [0.2, 0.25) is 0 Å². The zero-order valence-corrected chi connectivity index (χ0v) is 7.01. The van der Waals surface area contributed by atoms with Gasteiger partial charge in [0.05, 0.1) is 0 Å². The summed E-state index contributed by atoms with van der Waals surface area (Å²) in [5, 5.41) is 20.1. The van der Waals surface area contributed by atoms with Crippen molar-refractivity contribution in [2.45, 2.75) is 0 Å². The van der Waals surface area contributed by atoms with Crippen LogP contribution < -0.4 is 5.46 Å². The molecule has 13 heavy (non-hydrogen) atoms. The van der Waals surface area contributed by atoms with Crippen molar-refractivity contribution in [2.24, 2.45) is 0 Å². The zero-order chi connectivity index (χ0) is 9.26. The summed E-state index contributed by atoms with van der Waals surface area (Å²) in [6.07, 6.45) is 0. The van der Waals surface area contributed by atoms with Crippen molar-refractivity contribution >= 4 is 23.4 Å². The molecular formula is C10H13BO2. The summed E-state index contributed by atoms with van der Waals surface area (Å²) in [4.78, 5) is 0. The first kappa shape index (κ1) is 8.29. The standard InChI is InChI=1S/C10H9BO2.2H2/c12-11(13)10-7-3-5-8-4-1-2-6-9(8)10;;/h1-7,12-13H;2*1H. The molecule has 68 valence electrons. The second-order valence-electron chi connectivity index (χ2n) is 2.94. The van der Waals surface area contributed by atoms with Gasteiger partial charge in [-0.1, -0.05) is 42.5 Å². The number of rotatable bonds is 1. The Balaban J connectivity index is 0.000000980. The Bertz CT molecular complexity index is 429. The summed E-state index contributed by atoms with van der Waals surface area (Å²) in [5.74, 6) is 0. The van der Waals surface area contributed by atoms with Crippen LogP contribution in [-0.4, -0.2) is 17.2 Å². The molecule has 0 aliphatic heterocycles. The molecule has 2 N–H and O–H groups in total. The van der Waals surface area contributed by atoms with Crippen LogP contribution >= 0.6 is 0 Å². The van der Waals surface area contributed by atoms with Crippen molar-refractivity contribution in [3.63, 3.8) is 0 Å². The summed E-state index contributed by atoms with van der Waals surface area (Å²) < 4.78 is 0. The van der Waals surface area contributed by atoms with E-state index in [2.05, 4.69) is 0 Å². The van der Waals surface area contributed by atoms with Gasteiger partial charge in [-0.25, -0.2) is 0 Å². The molecule has 0 unspecified atom stereocenters. The highest BCUT2D eigenvalue weighted by molar-refractivity contribution is 6.61. The van der Waals surface area contributed by atoms with Gasteiger partial charge < -0.3 is 10.0 Å². The molecular weight excluding hydrogens is 163 g/mol. The van der Waals surface area contributed by atoms with Gasteiger partial charge in [-0.2, -0.15) is 0 Å². The summed E-state index contributed by atoms with van der Waals surface area (Å²) in [5.41, 5.74) is 0.554. The average Bonchev–Trinajstić information content (AvgIpc) is 2.17. The molecule has 0 saturated heterocycles. The number of hydrogen-bond acceptors (Lipinski definition) is 2. The van der Waals surface area contributed by atoms with E-state index in [4.69, 9.17) is 10.0 Å². The lowest BCUT2D eigenvalue weighted by molar-refractivity contribution is 0.426. The molecule has 0 aromatic heterocycles. The molecule has 0 aliphatic rings. The second kappa shape index (κ2) is 3.20. The first-order valence-corrected chi connectivity index (χ1v) is 4.13. The Hall–Kier alpha value is -1.32. The van der Waals surface area contributed by atoms with Gasteiger partial charge >= 0.3 is 7.12 Å². The molecule has 2 rings (SSSR count). The molecule has 0 aliphatic carbocycles. The van der Waals surface area contributed by atoms with E-state index < -0.39 is 7.12 Å². The first-order valence-electron chi connectivity index (χ1n) is 4.13. The van der Waals surface area contributed by atoms with Crippen molar-refractivity contribution < 1.29 is 12.9 Å². The summed E-state index contributed by atoms with van der Waals surface area (Å²) >= 11 is 0. The van der Waals surface area contributed by atoms with Crippen LogP contribution in [0.3, 0.4) is 0 Å². The third-order valence-corrected chi connectivity index (χ3v) is 2.10. The van der Waals surface area contributed by atoms with Gasteiger partial charge in [-0.05, 0) is 16.2 Å². The maximum Gasteiger partial charge on any atom is 0.489 e. The van der Waals surface area contributed by atoms with Crippen molar-refractivity contribution in [3.05, 3.63) is 42.5 Å². The molecule has 0 spiro atoms. The zero-order valence-electron chi connectivity index (χ0n) is 7.01. The molecule has 0 saturated carbocycles. The lowest BCUT2D eigenvalue weighted by Crippen LogP contribution is -2.30. The minimum Gasteiger partial charge on any atom is -0.423 e. The fourth-order valence-electron chi connectivity index (χ4n) is 1.48. The number of fused-ring (bicyclic) bond motifs is 1. The number of hydrogen-bond donors (Lipinski definition) is 2. The van der Waals surface area contributed by atoms with Crippen LogP contribution in [0.5, 0.6) is 0 Å². The monoisotopic (exact) mass is 176 g/mol. The van der Waals surface area contributed by atoms with E-state index >= 15 is 0 Å². The van der Waals surface area contributed by atoms with Gasteiger partial charge in [0.1, 0.15) is 0 Å². The minimum absolute atomic E-state index is 0. The molecule has 2 aromatic carbocycles. The third-order valence-electron chi connectivity index (χ3n) is 2.10. The Morgan fingerprint density at radius 1 is 0.923 bits per heavy atom. The van der Waals surface area contributed by atoms with E-state index in [0.717, 1.165) is 10.8 Å². The van der Waals surface area contributed by atoms with Crippen molar-refractivity contribution in [2.75, 3.05) is 0 Å². The lowest BCUT2D eigenvalue weighted by atomic mass is 9.77. The van der Waals surface area contributed by atoms with Gasteiger partial charge in [-0.3, -0.25) is 0 Å². The van der Waals surface area contributed by atoms with Crippen molar-refractivity contribution in [3.8, 4) is 0 Å². The molecule has 2 nitrogen and oxygen atoms in total. The normalized spacial score (nSPS) is 10.3. The van der Waals surface area contributed by atoms with Crippen LogP contribution in [0.2, 0.25) is 0 Å². The smallest absolute Gasteiger partial charge is 0.423 e. The predicted molar refractivity (Wildman–Crippen MR) is 58.0 cm³/mol. The Morgan fingerprint density at radius 2 is 1.62 bits per heavy atom. The van der Waals surface area contributed by atoms with E-state index in [1.807, 2.05) is 36.4 Å². The fraction of sp³-hybridized carbons (Fsp3) is 0. The average molecular weight is 176 g/mol. The van der Waals surface area contributed by atoms with Crippen LogP contribution in [0.1, 0.15) is 2.85 Å². The maximum atomic E-state index is 9.08. The van der Waals surface area contributed by atoms with Gasteiger partial charge in [-0.15, -0.1) is 0 Å². The highest BCUT2D eigenvalue weighted by Crippen LogP contribution is 2.10. The van der Waals surface area contributed by atoms with Crippen LogP contribution in [0.25, 0.3) is 10.8 Å². The van der Waals surface area contributed by atoms with E-state index in [1.165, 1.54) is 0 Å². The van der Waals surface area contributed by atoms with E-state index in [9.17, 15) is 0 Å². The van der Waals surface area contributed by atoms with Crippen molar-refractivity contribution in [1.82, 2.24) is 0 Å². The molecule has 0 fully saturated rings. The molecule has 0 radical (unpaired) electrons. The maximum absolute atomic E-state index is 9.08. The van der Waals surface area contributed by atoms with E-state index in [0.29, 0.717) is 5.46 Å². The fourth-order valence-corrected chi connectivity index (χ4v) is 1.48. The summed E-state index contributed by atoms with van der Waals surface area (Å²) in [7, 11) is -1.40. The van der Waals surface area contributed by atoms with E-state index in [1.54, 1.807) is 6.07 Å². The largest absolute Gasteiger partial charge is 0.489 e. The number of benzene rings is 2. The molecule has 2 aromatic rings. The summed E-state index contributed by atoms with van der Waals surface area (Å²) in [6, 6.07) is 13.1. The Kier molecular flexibility index (Phi) is 2.04. The van der Waals surface area contributed by atoms with E-state index in [-0.39, 0.29) is 2.85 Å². The highest BCUT2D eigenvalue weighted by Gasteiger charge is 2.13. The van der Waals surface area contributed by atoms with Crippen molar-refractivity contribution in [1.29, 1.82) is 0 Å². The highest BCUT2D eigenvalue weighted by atomic mass is 16.4. The SMILES string of the molecule is OB(O)c1cccc2ccccc12.[HH].[HH]. The van der Waals surface area contributed by atoms with Gasteiger partial charge in [0.15, 0.2) is 0 Å². The molecule has 0 atom stereocenters. The second-order valence-corrected chi connectivity index (χ2v) is 2.94. The quantitative estimate of drug-likeness (QED) is 0.636. The lowest BCUT2D eigenvalue weighted by Gasteiger charge is -2.03. The van der Waals surface area contributed by atoms with Gasteiger partial charge in [0, 0.05) is 2.85 Å². The van der Waals surface area contributed by atoms with Crippen LogP contribution in [0.4, 0.5) is 0 Å². The molecule has 0 bridgehead atoms. The molecule has 0 amide bonds. The predicted octanol–water partition coefficient (Wildman–Crippen LogP) is 1.01. The molecule has 3 heteroatoms. The topological polar surface area (TPSA) is 40.5 Å².